The summed E-state index contributed by atoms with van der Waals surface area (Å²) in [7, 11) is 3.27. The molecule has 0 heterocycles. The Hall–Kier alpha value is -0.320. The molecule has 2 N–H and O–H groups in total. The van der Waals surface area contributed by atoms with Crippen molar-refractivity contribution in [3.63, 3.8) is 0 Å². The van der Waals surface area contributed by atoms with E-state index in [1.807, 2.05) is 0 Å². The molecule has 0 aromatic carbocycles. The van der Waals surface area contributed by atoms with Crippen molar-refractivity contribution in [3.05, 3.63) is 0 Å². The van der Waals surface area contributed by atoms with Gasteiger partial charge in [0.1, 0.15) is 0 Å². The second-order valence-electron chi connectivity index (χ2n) is 4.25. The van der Waals surface area contributed by atoms with Gasteiger partial charge in [0, 0.05) is 20.8 Å². The molecule has 0 amide bonds. The quantitative estimate of drug-likeness (QED) is 0.270. The third-order valence-electron chi connectivity index (χ3n) is 2.44. The van der Waals surface area contributed by atoms with Gasteiger partial charge in [-0.05, 0) is 0 Å². The van der Waals surface area contributed by atoms with Gasteiger partial charge in [-0.15, -0.1) is 0 Å². The first-order valence-corrected chi connectivity index (χ1v) is 7.49. The van der Waals surface area contributed by atoms with Crippen molar-refractivity contribution in [1.29, 1.82) is 0 Å². The lowest BCUT2D eigenvalue weighted by atomic mass is 10.6. The van der Waals surface area contributed by atoms with Crippen LogP contribution in [0, 0.1) is 0 Å². The summed E-state index contributed by atoms with van der Waals surface area (Å²) in [4.78, 5) is 0. The van der Waals surface area contributed by atoms with E-state index >= 15 is 0 Å². The molecule has 8 nitrogen and oxygen atoms in total. The summed E-state index contributed by atoms with van der Waals surface area (Å²) in [5, 5.41) is 0. The number of methoxy groups -OCH3 is 2. The SMILES string of the molecule is COCCOCCOCC(OCCN)OCCOCCOC. The molecule has 0 fully saturated rings. The first-order chi connectivity index (χ1) is 10.8. The van der Waals surface area contributed by atoms with E-state index < -0.39 is 6.29 Å². The molecule has 1 unspecified atom stereocenters. The molecule has 0 spiro atoms. The van der Waals surface area contributed by atoms with Crippen LogP contribution in [0.3, 0.4) is 0 Å². The predicted octanol–water partition coefficient (Wildman–Crippen LogP) is -0.353. The van der Waals surface area contributed by atoms with Crippen LogP contribution in [-0.2, 0) is 33.2 Å². The minimum absolute atomic E-state index is 0.325. The fraction of sp³-hybridized carbons (Fsp3) is 1.00. The smallest absolute Gasteiger partial charge is 0.180 e. The van der Waals surface area contributed by atoms with Crippen molar-refractivity contribution in [3.8, 4) is 0 Å². The predicted molar refractivity (Wildman–Crippen MR) is 81.0 cm³/mol. The van der Waals surface area contributed by atoms with Crippen molar-refractivity contribution in [2.24, 2.45) is 5.73 Å². The summed E-state index contributed by atoms with van der Waals surface area (Å²) in [5.41, 5.74) is 5.42. The van der Waals surface area contributed by atoms with Crippen LogP contribution in [0.5, 0.6) is 0 Å². The summed E-state index contributed by atoms with van der Waals surface area (Å²) in [6, 6.07) is 0. The molecule has 0 saturated heterocycles. The van der Waals surface area contributed by atoms with Gasteiger partial charge in [0.25, 0.3) is 0 Å². The topological polar surface area (TPSA) is 90.6 Å². The highest BCUT2D eigenvalue weighted by atomic mass is 16.7. The van der Waals surface area contributed by atoms with Crippen LogP contribution in [0.4, 0.5) is 0 Å². The fourth-order valence-electron chi connectivity index (χ4n) is 1.37. The maximum Gasteiger partial charge on any atom is 0.180 e. The fourth-order valence-corrected chi connectivity index (χ4v) is 1.37. The Morgan fingerprint density at radius 1 is 0.636 bits per heavy atom. The molecular formula is C14H31NO7. The van der Waals surface area contributed by atoms with Gasteiger partial charge >= 0.3 is 0 Å². The second-order valence-corrected chi connectivity index (χ2v) is 4.25. The molecule has 8 heteroatoms. The average molecular weight is 325 g/mol. The van der Waals surface area contributed by atoms with E-state index in [-0.39, 0.29) is 0 Å². The van der Waals surface area contributed by atoms with Crippen LogP contribution >= 0.6 is 0 Å². The van der Waals surface area contributed by atoms with Crippen molar-refractivity contribution in [1.82, 2.24) is 0 Å². The number of nitrogens with two attached hydrogens (primary N) is 1. The Kier molecular flexibility index (Phi) is 18.5. The molecule has 22 heavy (non-hydrogen) atoms. The molecule has 134 valence electrons. The second kappa shape index (κ2) is 18.7. The van der Waals surface area contributed by atoms with Crippen LogP contribution in [0.2, 0.25) is 0 Å². The van der Waals surface area contributed by atoms with E-state index in [9.17, 15) is 0 Å². The zero-order valence-corrected chi connectivity index (χ0v) is 13.8. The van der Waals surface area contributed by atoms with E-state index in [1.54, 1.807) is 14.2 Å². The molecule has 0 bridgehead atoms. The Morgan fingerprint density at radius 3 is 1.73 bits per heavy atom. The summed E-state index contributed by atoms with van der Waals surface area (Å²) in [6.07, 6.45) is -0.450. The molecule has 0 saturated carbocycles. The van der Waals surface area contributed by atoms with Gasteiger partial charge in [-0.2, -0.15) is 0 Å². The molecule has 0 aliphatic heterocycles. The van der Waals surface area contributed by atoms with Gasteiger partial charge in [-0.25, -0.2) is 0 Å². The van der Waals surface area contributed by atoms with Gasteiger partial charge in [0.15, 0.2) is 6.29 Å². The standard InChI is InChI=1S/C14H31NO7/c1-16-5-7-18-9-10-20-13-14(21-4-3-15)22-12-11-19-8-6-17-2/h14H,3-13,15H2,1-2H3. The lowest BCUT2D eigenvalue weighted by Gasteiger charge is -2.18. The summed E-state index contributed by atoms with van der Waals surface area (Å²) >= 11 is 0. The monoisotopic (exact) mass is 325 g/mol. The van der Waals surface area contributed by atoms with Gasteiger partial charge < -0.3 is 38.9 Å². The lowest BCUT2D eigenvalue weighted by Crippen LogP contribution is -2.28. The minimum atomic E-state index is -0.450. The first-order valence-electron chi connectivity index (χ1n) is 7.49. The normalized spacial score (nSPS) is 12.7. The Labute approximate surface area is 133 Å². The maximum atomic E-state index is 5.54. The Morgan fingerprint density at radius 2 is 1.14 bits per heavy atom. The average Bonchev–Trinajstić information content (AvgIpc) is 2.54. The molecule has 0 aromatic heterocycles. The van der Waals surface area contributed by atoms with E-state index in [0.29, 0.717) is 72.6 Å². The third kappa shape index (κ3) is 16.1. The Bertz CT molecular complexity index is 210. The largest absolute Gasteiger partial charge is 0.382 e. The molecule has 0 aromatic rings. The van der Waals surface area contributed by atoms with E-state index in [4.69, 9.17) is 38.9 Å². The number of hydrogen-bond donors (Lipinski definition) is 1. The van der Waals surface area contributed by atoms with Crippen molar-refractivity contribution in [2.75, 3.05) is 86.8 Å². The highest BCUT2D eigenvalue weighted by Gasteiger charge is 2.09. The summed E-state index contributed by atoms with van der Waals surface area (Å²) in [6.45, 7) is 5.31. The van der Waals surface area contributed by atoms with Gasteiger partial charge in [0.2, 0.25) is 0 Å². The molecule has 0 aliphatic carbocycles. The van der Waals surface area contributed by atoms with Gasteiger partial charge in [-0.3, -0.25) is 0 Å². The van der Waals surface area contributed by atoms with E-state index in [1.165, 1.54) is 0 Å². The zero-order valence-electron chi connectivity index (χ0n) is 13.8. The van der Waals surface area contributed by atoms with E-state index in [2.05, 4.69) is 0 Å². The van der Waals surface area contributed by atoms with Crippen LogP contribution < -0.4 is 5.73 Å². The summed E-state index contributed by atoms with van der Waals surface area (Å²) in [5.74, 6) is 0. The highest BCUT2D eigenvalue weighted by molar-refractivity contribution is 4.45. The molecule has 1 atom stereocenters. The number of ether oxygens (including phenoxy) is 7. The Balaban J connectivity index is 3.56. The van der Waals surface area contributed by atoms with Crippen LogP contribution in [0.25, 0.3) is 0 Å². The third-order valence-corrected chi connectivity index (χ3v) is 2.44. The van der Waals surface area contributed by atoms with Crippen molar-refractivity contribution < 1.29 is 33.2 Å². The maximum absolute atomic E-state index is 5.54. The number of rotatable bonds is 18. The van der Waals surface area contributed by atoms with Gasteiger partial charge in [0.05, 0.1) is 66.1 Å². The van der Waals surface area contributed by atoms with Crippen LogP contribution in [0.15, 0.2) is 0 Å². The zero-order chi connectivity index (χ0) is 16.3. The highest BCUT2D eigenvalue weighted by Crippen LogP contribution is 1.97. The van der Waals surface area contributed by atoms with Crippen LogP contribution in [0.1, 0.15) is 0 Å². The van der Waals surface area contributed by atoms with E-state index in [0.717, 1.165) is 0 Å². The molecular weight excluding hydrogens is 294 g/mol. The van der Waals surface area contributed by atoms with Crippen LogP contribution in [-0.4, -0.2) is 93.1 Å². The minimum Gasteiger partial charge on any atom is -0.382 e. The molecule has 0 aliphatic rings. The number of hydrogen-bond acceptors (Lipinski definition) is 8. The molecule has 0 rings (SSSR count). The molecule has 0 radical (unpaired) electrons. The lowest BCUT2D eigenvalue weighted by molar-refractivity contribution is -0.179. The van der Waals surface area contributed by atoms with Crippen molar-refractivity contribution in [2.45, 2.75) is 6.29 Å². The first kappa shape index (κ1) is 21.7. The summed E-state index contributed by atoms with van der Waals surface area (Å²) < 4.78 is 36.8. The van der Waals surface area contributed by atoms with Gasteiger partial charge in [-0.1, -0.05) is 0 Å². The van der Waals surface area contributed by atoms with Crippen molar-refractivity contribution >= 4 is 0 Å².